The van der Waals surface area contributed by atoms with Gasteiger partial charge >= 0.3 is 0 Å². The second-order valence-electron chi connectivity index (χ2n) is 7.21. The highest BCUT2D eigenvalue weighted by molar-refractivity contribution is 5.66. The largest absolute Gasteiger partial charge is 0.493 e. The van der Waals surface area contributed by atoms with E-state index in [0.29, 0.717) is 6.61 Å². The van der Waals surface area contributed by atoms with Crippen molar-refractivity contribution in [2.24, 2.45) is 0 Å². The fourth-order valence-corrected chi connectivity index (χ4v) is 3.71. The fraction of sp³-hybridized carbons (Fsp3) is 0.455. The molecule has 150 valence electrons. The van der Waals surface area contributed by atoms with Crippen molar-refractivity contribution in [3.05, 3.63) is 53.5 Å². The number of methoxy groups -OCH3 is 1. The van der Waals surface area contributed by atoms with Gasteiger partial charge in [-0.25, -0.2) is 0 Å². The lowest BCUT2D eigenvalue weighted by atomic mass is 10.1. The predicted octanol–water partition coefficient (Wildman–Crippen LogP) is 2.90. The molecule has 1 saturated heterocycles. The molecule has 0 atom stereocenters. The number of furan rings is 1. The van der Waals surface area contributed by atoms with Gasteiger partial charge in [-0.2, -0.15) is 0 Å². The van der Waals surface area contributed by atoms with Crippen molar-refractivity contribution in [3.8, 4) is 11.5 Å². The molecule has 0 N–H and O–H groups in total. The summed E-state index contributed by atoms with van der Waals surface area (Å²) in [4.78, 5) is 4.89. The Morgan fingerprint density at radius 2 is 2.00 bits per heavy atom. The molecule has 0 amide bonds. The minimum absolute atomic E-state index is 0.583. The van der Waals surface area contributed by atoms with Crippen LogP contribution in [0.15, 0.2) is 46.6 Å². The Balaban J connectivity index is 1.44. The summed E-state index contributed by atoms with van der Waals surface area (Å²) in [5.41, 5.74) is 2.33. The van der Waals surface area contributed by atoms with Gasteiger partial charge in [-0.05, 0) is 29.8 Å². The third-order valence-electron chi connectivity index (χ3n) is 5.21. The molecule has 28 heavy (non-hydrogen) atoms. The number of para-hydroxylation sites is 1. The Bertz CT molecular complexity index is 782. The first-order chi connectivity index (χ1) is 13.8. The molecule has 0 aliphatic carbocycles. The Morgan fingerprint density at radius 1 is 1.11 bits per heavy atom. The first kappa shape index (κ1) is 19.1. The van der Waals surface area contributed by atoms with E-state index in [4.69, 9.17) is 18.6 Å². The van der Waals surface area contributed by atoms with E-state index in [2.05, 4.69) is 21.9 Å². The van der Waals surface area contributed by atoms with Crippen molar-refractivity contribution in [1.82, 2.24) is 9.80 Å². The van der Waals surface area contributed by atoms with Gasteiger partial charge in [0.2, 0.25) is 0 Å². The van der Waals surface area contributed by atoms with Crippen molar-refractivity contribution >= 4 is 6.08 Å². The normalized spacial score (nSPS) is 17.1. The average Bonchev–Trinajstić information content (AvgIpc) is 3.25. The maximum absolute atomic E-state index is 6.02. The van der Waals surface area contributed by atoms with E-state index >= 15 is 0 Å². The van der Waals surface area contributed by atoms with Gasteiger partial charge in [0.25, 0.3) is 0 Å². The van der Waals surface area contributed by atoms with Crippen LogP contribution in [0.3, 0.4) is 0 Å². The Labute approximate surface area is 166 Å². The molecule has 0 spiro atoms. The third-order valence-corrected chi connectivity index (χ3v) is 5.21. The molecule has 1 aromatic carbocycles. The zero-order valence-electron chi connectivity index (χ0n) is 16.4. The van der Waals surface area contributed by atoms with Gasteiger partial charge < -0.3 is 18.6 Å². The van der Waals surface area contributed by atoms with Crippen molar-refractivity contribution in [1.29, 1.82) is 0 Å². The highest BCUT2D eigenvalue weighted by atomic mass is 16.5. The molecular weight excluding hydrogens is 356 g/mol. The van der Waals surface area contributed by atoms with E-state index in [0.717, 1.165) is 75.3 Å². The zero-order valence-corrected chi connectivity index (χ0v) is 16.4. The summed E-state index contributed by atoms with van der Waals surface area (Å²) in [6.07, 6.45) is 3.96. The number of rotatable bonds is 8. The molecule has 0 radical (unpaired) electrons. The topological polar surface area (TPSA) is 47.3 Å². The monoisotopic (exact) mass is 384 g/mol. The van der Waals surface area contributed by atoms with E-state index in [1.165, 1.54) is 5.57 Å². The van der Waals surface area contributed by atoms with Gasteiger partial charge in [0.05, 0.1) is 33.1 Å². The summed E-state index contributed by atoms with van der Waals surface area (Å²) in [6, 6.07) is 9.99. The minimum Gasteiger partial charge on any atom is -0.493 e. The molecule has 1 fully saturated rings. The van der Waals surface area contributed by atoms with Crippen LogP contribution in [0, 0.1) is 0 Å². The number of nitrogens with zero attached hydrogens (tertiary/aromatic N) is 2. The van der Waals surface area contributed by atoms with Crippen LogP contribution < -0.4 is 9.47 Å². The van der Waals surface area contributed by atoms with E-state index in [1.807, 2.05) is 24.3 Å². The van der Waals surface area contributed by atoms with Crippen molar-refractivity contribution in [2.45, 2.75) is 6.54 Å². The second-order valence-corrected chi connectivity index (χ2v) is 7.21. The van der Waals surface area contributed by atoms with Gasteiger partial charge in [-0.15, -0.1) is 0 Å². The van der Waals surface area contributed by atoms with Gasteiger partial charge in [0, 0.05) is 38.3 Å². The van der Waals surface area contributed by atoms with Gasteiger partial charge in [0.1, 0.15) is 12.4 Å². The van der Waals surface area contributed by atoms with E-state index in [-0.39, 0.29) is 0 Å². The summed E-state index contributed by atoms with van der Waals surface area (Å²) in [7, 11) is 1.68. The molecule has 2 aromatic rings. The van der Waals surface area contributed by atoms with Gasteiger partial charge in [-0.1, -0.05) is 12.1 Å². The first-order valence-corrected chi connectivity index (χ1v) is 9.86. The van der Waals surface area contributed by atoms with Crippen LogP contribution in [0.25, 0.3) is 6.08 Å². The summed E-state index contributed by atoms with van der Waals surface area (Å²) < 4.78 is 22.5. The molecule has 4 rings (SSSR count). The standard InChI is InChI=1S/C22H28N2O4/c1-25-21-6-2-4-19-14-18(17-28-22(19)21)15-24(16-20-5-3-11-27-20)8-7-23-9-12-26-13-10-23/h2-6,11,14H,7-10,12-13,15-17H2,1H3. The third kappa shape index (κ3) is 4.76. The quantitative estimate of drug-likeness (QED) is 0.698. The molecule has 6 nitrogen and oxygen atoms in total. The summed E-state index contributed by atoms with van der Waals surface area (Å²) in [5, 5.41) is 0. The molecule has 0 unspecified atom stereocenters. The smallest absolute Gasteiger partial charge is 0.168 e. The summed E-state index contributed by atoms with van der Waals surface area (Å²) in [5.74, 6) is 2.61. The lowest BCUT2D eigenvalue weighted by molar-refractivity contribution is 0.0330. The van der Waals surface area contributed by atoms with Gasteiger partial charge in [0.15, 0.2) is 11.5 Å². The molecule has 2 aliphatic heterocycles. The van der Waals surface area contributed by atoms with Crippen LogP contribution in [0.5, 0.6) is 11.5 Å². The summed E-state index contributed by atoms with van der Waals surface area (Å²) in [6.45, 7) is 7.90. The number of hydrogen-bond acceptors (Lipinski definition) is 6. The molecule has 1 aromatic heterocycles. The maximum atomic E-state index is 6.02. The highest BCUT2D eigenvalue weighted by Crippen LogP contribution is 2.35. The van der Waals surface area contributed by atoms with E-state index < -0.39 is 0 Å². The Hall–Kier alpha value is -2.28. The van der Waals surface area contributed by atoms with Crippen LogP contribution in [0.1, 0.15) is 11.3 Å². The van der Waals surface area contributed by atoms with Crippen LogP contribution in [-0.4, -0.2) is 69.5 Å². The Kier molecular flexibility index (Phi) is 6.31. The minimum atomic E-state index is 0.583. The number of hydrogen-bond donors (Lipinski definition) is 0. The SMILES string of the molecule is COc1cccc2c1OCC(CN(CCN1CCOCC1)Cc1ccco1)=C2. The second kappa shape index (κ2) is 9.28. The van der Waals surface area contributed by atoms with Crippen LogP contribution in [0.4, 0.5) is 0 Å². The molecule has 6 heteroatoms. The number of fused-ring (bicyclic) bond motifs is 1. The van der Waals surface area contributed by atoms with Crippen LogP contribution >= 0.6 is 0 Å². The van der Waals surface area contributed by atoms with Crippen molar-refractivity contribution in [2.75, 3.05) is 59.7 Å². The fourth-order valence-electron chi connectivity index (χ4n) is 3.71. The number of ether oxygens (including phenoxy) is 3. The Morgan fingerprint density at radius 3 is 2.79 bits per heavy atom. The van der Waals surface area contributed by atoms with E-state index in [1.54, 1.807) is 13.4 Å². The summed E-state index contributed by atoms with van der Waals surface area (Å²) >= 11 is 0. The predicted molar refractivity (Wildman–Crippen MR) is 108 cm³/mol. The van der Waals surface area contributed by atoms with Gasteiger partial charge in [-0.3, -0.25) is 9.80 Å². The lowest BCUT2D eigenvalue weighted by Crippen LogP contribution is -2.42. The maximum Gasteiger partial charge on any atom is 0.168 e. The molecule has 0 saturated carbocycles. The van der Waals surface area contributed by atoms with Crippen molar-refractivity contribution < 1.29 is 18.6 Å². The number of benzene rings is 1. The molecule has 0 bridgehead atoms. The molecule has 3 heterocycles. The lowest BCUT2D eigenvalue weighted by Gasteiger charge is -2.30. The highest BCUT2D eigenvalue weighted by Gasteiger charge is 2.19. The number of morpholine rings is 1. The first-order valence-electron chi connectivity index (χ1n) is 9.86. The molecular formula is C22H28N2O4. The zero-order chi connectivity index (χ0) is 19.2. The van der Waals surface area contributed by atoms with E-state index in [9.17, 15) is 0 Å². The van der Waals surface area contributed by atoms with Crippen molar-refractivity contribution in [3.63, 3.8) is 0 Å². The van der Waals surface area contributed by atoms with Crippen LogP contribution in [-0.2, 0) is 11.3 Å². The van der Waals surface area contributed by atoms with Crippen LogP contribution in [0.2, 0.25) is 0 Å². The molecule has 2 aliphatic rings. The average molecular weight is 384 g/mol.